The normalized spacial score (nSPS) is 10.9. The smallest absolute Gasteiger partial charge is 0.307 e. The van der Waals surface area contributed by atoms with Crippen molar-refractivity contribution in [2.75, 3.05) is 0 Å². The molecule has 0 bridgehead atoms. The molecule has 96 valence electrons. The van der Waals surface area contributed by atoms with E-state index in [0.29, 0.717) is 5.75 Å². The number of aromatic nitrogens is 5. The van der Waals surface area contributed by atoms with Gasteiger partial charge < -0.3 is 4.40 Å². The Morgan fingerprint density at radius 2 is 2.21 bits per heavy atom. The monoisotopic (exact) mass is 275 g/mol. The molecule has 3 rings (SSSR count). The lowest BCUT2D eigenvalue weighted by Crippen LogP contribution is -2.24. The molecule has 0 aliphatic heterocycles. The van der Waals surface area contributed by atoms with E-state index in [1.807, 2.05) is 35.0 Å². The van der Waals surface area contributed by atoms with Crippen LogP contribution in [0.25, 0.3) is 5.65 Å². The first kappa shape index (κ1) is 11.7. The summed E-state index contributed by atoms with van der Waals surface area (Å²) in [6, 6.07) is 5.73. The lowest BCUT2D eigenvalue weighted by Gasteiger charge is -1.95. The predicted molar refractivity (Wildman–Crippen MR) is 70.2 cm³/mol. The maximum absolute atomic E-state index is 11.4. The first-order chi connectivity index (χ1) is 9.22. The average molecular weight is 275 g/mol. The number of fused-ring (bicyclic) bond motifs is 1. The highest BCUT2D eigenvalue weighted by atomic mass is 32.2. The number of aromatic amines is 2. The van der Waals surface area contributed by atoms with Crippen molar-refractivity contribution >= 4 is 17.4 Å². The molecule has 0 saturated carbocycles. The van der Waals surface area contributed by atoms with Gasteiger partial charge in [0, 0.05) is 18.1 Å². The van der Waals surface area contributed by atoms with Gasteiger partial charge in [-0.05, 0) is 12.1 Å². The molecule has 0 radical (unpaired) electrons. The topological polar surface area (TPSA) is 95.9 Å². The van der Waals surface area contributed by atoms with E-state index in [1.54, 1.807) is 0 Å². The van der Waals surface area contributed by atoms with Crippen LogP contribution in [0.2, 0.25) is 0 Å². The second-order valence-electron chi connectivity index (χ2n) is 3.80. The highest BCUT2D eigenvalue weighted by Crippen LogP contribution is 2.16. The van der Waals surface area contributed by atoms with Gasteiger partial charge in [0.15, 0.2) is 5.03 Å². The Kier molecular flexibility index (Phi) is 2.92. The number of nitrogens with one attached hydrogen (secondary N) is 2. The fourth-order valence-electron chi connectivity index (χ4n) is 1.63. The van der Waals surface area contributed by atoms with E-state index in [0.717, 1.165) is 11.3 Å². The van der Waals surface area contributed by atoms with E-state index >= 15 is 0 Å². The summed E-state index contributed by atoms with van der Waals surface area (Å²) in [5, 5.41) is 6.11. The van der Waals surface area contributed by atoms with Gasteiger partial charge in [0.05, 0.1) is 5.69 Å². The molecule has 0 fully saturated rings. The molecule has 0 aliphatic carbocycles. The van der Waals surface area contributed by atoms with Crippen LogP contribution in [-0.2, 0) is 5.75 Å². The minimum absolute atomic E-state index is 0.219. The molecule has 0 amide bonds. The third-order valence-electron chi connectivity index (χ3n) is 2.45. The summed E-state index contributed by atoms with van der Waals surface area (Å²) in [7, 11) is 0. The van der Waals surface area contributed by atoms with Crippen molar-refractivity contribution in [1.82, 2.24) is 24.6 Å². The zero-order valence-corrected chi connectivity index (χ0v) is 10.5. The van der Waals surface area contributed by atoms with Gasteiger partial charge in [-0.3, -0.25) is 9.78 Å². The van der Waals surface area contributed by atoms with Gasteiger partial charge in [-0.1, -0.05) is 17.8 Å². The van der Waals surface area contributed by atoms with Crippen LogP contribution in [0.4, 0.5) is 0 Å². The van der Waals surface area contributed by atoms with E-state index in [-0.39, 0.29) is 5.03 Å². The van der Waals surface area contributed by atoms with Crippen LogP contribution in [0.15, 0.2) is 45.2 Å². The minimum atomic E-state index is -0.609. The van der Waals surface area contributed by atoms with Gasteiger partial charge in [-0.15, -0.1) is 0 Å². The molecule has 0 spiro atoms. The third kappa shape index (κ3) is 2.43. The molecule has 0 aliphatic rings. The zero-order valence-electron chi connectivity index (χ0n) is 9.66. The molecule has 0 unspecified atom stereocenters. The minimum Gasteiger partial charge on any atom is -0.307 e. The lowest BCUT2D eigenvalue weighted by atomic mass is 10.5. The number of H-pyrrole nitrogens is 2. The highest BCUT2D eigenvalue weighted by molar-refractivity contribution is 7.98. The van der Waals surface area contributed by atoms with Gasteiger partial charge in [-0.2, -0.15) is 5.10 Å². The van der Waals surface area contributed by atoms with Gasteiger partial charge in [0.25, 0.3) is 5.56 Å². The summed E-state index contributed by atoms with van der Waals surface area (Å²) >= 11 is 1.22. The van der Waals surface area contributed by atoms with E-state index in [4.69, 9.17) is 0 Å². The fourth-order valence-corrected chi connectivity index (χ4v) is 2.35. The van der Waals surface area contributed by atoms with Crippen LogP contribution in [0, 0.1) is 0 Å². The molecule has 3 heterocycles. The predicted octanol–water partition coefficient (Wildman–Crippen LogP) is 0.398. The van der Waals surface area contributed by atoms with Crippen molar-refractivity contribution in [1.29, 1.82) is 0 Å². The van der Waals surface area contributed by atoms with E-state index in [2.05, 4.69) is 20.2 Å². The molecular formula is C11H9N5O2S. The maximum atomic E-state index is 11.4. The molecule has 8 heteroatoms. The van der Waals surface area contributed by atoms with Gasteiger partial charge in [0.1, 0.15) is 5.65 Å². The number of rotatable bonds is 3. The summed E-state index contributed by atoms with van der Waals surface area (Å²) in [5.74, 6) is 0.504. The van der Waals surface area contributed by atoms with E-state index < -0.39 is 11.2 Å². The number of nitrogens with zero attached hydrogens (tertiary/aromatic N) is 3. The Hall–Kier alpha value is -2.35. The Bertz CT molecular complexity index is 801. The summed E-state index contributed by atoms with van der Waals surface area (Å²) in [4.78, 5) is 28.8. The van der Waals surface area contributed by atoms with Crippen molar-refractivity contribution in [2.24, 2.45) is 0 Å². The highest BCUT2D eigenvalue weighted by Gasteiger charge is 2.06. The number of hydrogen-bond donors (Lipinski definition) is 2. The Morgan fingerprint density at radius 1 is 1.32 bits per heavy atom. The Morgan fingerprint density at radius 3 is 3.00 bits per heavy atom. The molecule has 0 saturated heterocycles. The average Bonchev–Trinajstić information content (AvgIpc) is 2.80. The van der Waals surface area contributed by atoms with Gasteiger partial charge in [-0.25, -0.2) is 14.9 Å². The zero-order chi connectivity index (χ0) is 13.2. The molecular weight excluding hydrogens is 266 g/mol. The Balaban J connectivity index is 1.82. The van der Waals surface area contributed by atoms with Crippen molar-refractivity contribution in [3.05, 3.63) is 57.1 Å². The van der Waals surface area contributed by atoms with Crippen molar-refractivity contribution in [2.45, 2.75) is 10.8 Å². The van der Waals surface area contributed by atoms with Crippen LogP contribution < -0.4 is 11.2 Å². The lowest BCUT2D eigenvalue weighted by molar-refractivity contribution is 0.806. The molecule has 3 aromatic rings. The van der Waals surface area contributed by atoms with Crippen LogP contribution in [0.3, 0.4) is 0 Å². The number of hydrogen-bond acceptors (Lipinski definition) is 5. The van der Waals surface area contributed by atoms with Crippen LogP contribution in [0.5, 0.6) is 0 Å². The SMILES string of the molecule is O=c1[nH]nc(SCc2cn3ccccc3n2)c(=O)[nH]1. The van der Waals surface area contributed by atoms with Crippen LogP contribution in [-0.4, -0.2) is 24.6 Å². The van der Waals surface area contributed by atoms with Gasteiger partial charge in [0.2, 0.25) is 0 Å². The first-order valence-electron chi connectivity index (χ1n) is 5.47. The molecule has 2 N–H and O–H groups in total. The van der Waals surface area contributed by atoms with Gasteiger partial charge >= 0.3 is 5.69 Å². The maximum Gasteiger partial charge on any atom is 0.342 e. The van der Waals surface area contributed by atoms with E-state index in [1.165, 1.54) is 11.8 Å². The van der Waals surface area contributed by atoms with E-state index in [9.17, 15) is 9.59 Å². The van der Waals surface area contributed by atoms with Crippen LogP contribution in [0.1, 0.15) is 5.69 Å². The fraction of sp³-hybridized carbons (Fsp3) is 0.0909. The number of pyridine rings is 1. The number of imidazole rings is 1. The third-order valence-corrected chi connectivity index (χ3v) is 3.44. The van der Waals surface area contributed by atoms with Crippen molar-refractivity contribution < 1.29 is 0 Å². The summed E-state index contributed by atoms with van der Waals surface area (Å²) in [6.07, 6.45) is 3.80. The number of thioether (sulfide) groups is 1. The summed E-state index contributed by atoms with van der Waals surface area (Å²) < 4.78 is 1.90. The largest absolute Gasteiger partial charge is 0.342 e. The summed E-state index contributed by atoms with van der Waals surface area (Å²) in [6.45, 7) is 0. The van der Waals surface area contributed by atoms with Crippen molar-refractivity contribution in [3.8, 4) is 0 Å². The molecule has 3 aromatic heterocycles. The molecule has 0 atom stereocenters. The molecule has 0 aromatic carbocycles. The second-order valence-corrected chi connectivity index (χ2v) is 4.76. The second kappa shape index (κ2) is 4.73. The first-order valence-corrected chi connectivity index (χ1v) is 6.45. The van der Waals surface area contributed by atoms with Crippen LogP contribution >= 0.6 is 11.8 Å². The quantitative estimate of drug-likeness (QED) is 0.674. The summed E-state index contributed by atoms with van der Waals surface area (Å²) in [5.41, 5.74) is 0.588. The molecule has 19 heavy (non-hydrogen) atoms. The molecule has 7 nitrogen and oxygen atoms in total. The standard InChI is InChI=1S/C11H9N5O2S/c17-9-10(14-15-11(18)13-9)19-6-7-5-16-4-2-1-3-8(16)12-7/h1-5H,6H2,(H2,13,15,17,18). The van der Waals surface area contributed by atoms with Crippen molar-refractivity contribution in [3.63, 3.8) is 0 Å². The Labute approximate surface area is 110 Å².